The second-order valence-electron chi connectivity index (χ2n) is 5.40. The van der Waals surface area contributed by atoms with Gasteiger partial charge in [-0.3, -0.25) is 0 Å². The smallest absolute Gasteiger partial charge is 0.0255 e. The van der Waals surface area contributed by atoms with E-state index in [1.54, 1.807) is 0 Å². The average molecular weight is 213 g/mol. The first-order valence-electron chi connectivity index (χ1n) is 6.09. The van der Waals surface area contributed by atoms with Crippen molar-refractivity contribution >= 4 is 0 Å². The summed E-state index contributed by atoms with van der Waals surface area (Å²) in [6, 6.07) is 1.27. The number of likely N-dealkylation sites (tertiary alicyclic amines) is 1. The summed E-state index contributed by atoms with van der Waals surface area (Å²) in [7, 11) is 6.62. The molecular weight excluding hydrogens is 186 g/mol. The molecule has 1 fully saturated rings. The molecule has 15 heavy (non-hydrogen) atoms. The molecule has 0 aromatic heterocycles. The van der Waals surface area contributed by atoms with Crippen LogP contribution in [-0.4, -0.2) is 62.7 Å². The van der Waals surface area contributed by atoms with Gasteiger partial charge in [0, 0.05) is 25.2 Å². The molecule has 2 unspecified atom stereocenters. The van der Waals surface area contributed by atoms with E-state index in [0.29, 0.717) is 12.1 Å². The molecule has 0 amide bonds. The molecule has 0 saturated carbocycles. The maximum atomic E-state index is 3.56. The van der Waals surface area contributed by atoms with Crippen molar-refractivity contribution in [3.63, 3.8) is 0 Å². The summed E-state index contributed by atoms with van der Waals surface area (Å²) in [4.78, 5) is 4.82. The van der Waals surface area contributed by atoms with E-state index in [4.69, 9.17) is 0 Å². The summed E-state index contributed by atoms with van der Waals surface area (Å²) in [5.74, 6) is 0.830. The van der Waals surface area contributed by atoms with Gasteiger partial charge in [-0.1, -0.05) is 13.8 Å². The SMILES string of the molecule is CC(C)NCC(C1CCN(C)C1)N(C)C. The number of nitrogens with one attached hydrogen (secondary N) is 1. The molecule has 1 aliphatic heterocycles. The summed E-state index contributed by atoms with van der Waals surface area (Å²) < 4.78 is 0. The minimum atomic E-state index is 0.589. The molecule has 0 radical (unpaired) electrons. The molecule has 2 atom stereocenters. The van der Waals surface area contributed by atoms with Crippen molar-refractivity contribution in [2.24, 2.45) is 5.92 Å². The maximum absolute atomic E-state index is 3.56. The summed E-state index contributed by atoms with van der Waals surface area (Å²) in [5.41, 5.74) is 0. The number of hydrogen-bond donors (Lipinski definition) is 1. The molecular formula is C12H27N3. The van der Waals surface area contributed by atoms with Gasteiger partial charge in [-0.15, -0.1) is 0 Å². The molecule has 0 aromatic carbocycles. The summed E-state index contributed by atoms with van der Waals surface area (Å²) in [5, 5.41) is 3.56. The largest absolute Gasteiger partial charge is 0.313 e. The highest BCUT2D eigenvalue weighted by atomic mass is 15.2. The highest BCUT2D eigenvalue weighted by molar-refractivity contribution is 4.85. The van der Waals surface area contributed by atoms with Crippen LogP contribution in [0.1, 0.15) is 20.3 Å². The quantitative estimate of drug-likeness (QED) is 0.731. The summed E-state index contributed by atoms with van der Waals surface area (Å²) in [6.07, 6.45) is 1.35. The van der Waals surface area contributed by atoms with Gasteiger partial charge in [0.05, 0.1) is 0 Å². The van der Waals surface area contributed by atoms with Crippen LogP contribution >= 0.6 is 0 Å². The first kappa shape index (κ1) is 12.9. The molecule has 3 nitrogen and oxygen atoms in total. The van der Waals surface area contributed by atoms with E-state index in [9.17, 15) is 0 Å². The number of likely N-dealkylation sites (N-methyl/N-ethyl adjacent to an activating group) is 1. The molecule has 0 aliphatic carbocycles. The fourth-order valence-corrected chi connectivity index (χ4v) is 2.41. The summed E-state index contributed by atoms with van der Waals surface area (Å²) >= 11 is 0. The Kier molecular flexibility index (Phi) is 5.03. The van der Waals surface area contributed by atoms with E-state index in [1.165, 1.54) is 19.5 Å². The zero-order valence-electron chi connectivity index (χ0n) is 11.0. The minimum absolute atomic E-state index is 0.589. The maximum Gasteiger partial charge on any atom is 0.0255 e. The Balaban J connectivity index is 2.43. The summed E-state index contributed by atoms with van der Waals surface area (Å²) in [6.45, 7) is 8.06. The lowest BCUT2D eigenvalue weighted by Crippen LogP contribution is -2.45. The van der Waals surface area contributed by atoms with Gasteiger partial charge in [-0.2, -0.15) is 0 Å². The van der Waals surface area contributed by atoms with Gasteiger partial charge < -0.3 is 15.1 Å². The molecule has 1 aliphatic rings. The third-order valence-corrected chi connectivity index (χ3v) is 3.37. The van der Waals surface area contributed by atoms with Crippen LogP contribution in [0.3, 0.4) is 0 Å². The van der Waals surface area contributed by atoms with Crippen molar-refractivity contribution in [2.45, 2.75) is 32.4 Å². The van der Waals surface area contributed by atoms with Gasteiger partial charge in [-0.05, 0) is 40.0 Å². The van der Waals surface area contributed by atoms with E-state index in [2.05, 4.69) is 50.1 Å². The van der Waals surface area contributed by atoms with Crippen LogP contribution < -0.4 is 5.32 Å². The van der Waals surface area contributed by atoms with Gasteiger partial charge in [0.15, 0.2) is 0 Å². The standard InChI is InChI=1S/C12H27N3/c1-10(2)13-8-12(14(3)4)11-6-7-15(5)9-11/h10-13H,6-9H2,1-5H3. The van der Waals surface area contributed by atoms with Crippen molar-refractivity contribution in [1.82, 2.24) is 15.1 Å². The van der Waals surface area contributed by atoms with Gasteiger partial charge in [0.25, 0.3) is 0 Å². The lowest BCUT2D eigenvalue weighted by Gasteiger charge is -2.31. The van der Waals surface area contributed by atoms with Crippen LogP contribution in [0.5, 0.6) is 0 Å². The monoisotopic (exact) mass is 213 g/mol. The van der Waals surface area contributed by atoms with Crippen molar-refractivity contribution in [2.75, 3.05) is 40.8 Å². The second-order valence-corrected chi connectivity index (χ2v) is 5.40. The van der Waals surface area contributed by atoms with Crippen molar-refractivity contribution in [3.05, 3.63) is 0 Å². The number of hydrogen-bond acceptors (Lipinski definition) is 3. The predicted octanol–water partition coefficient (Wildman–Crippen LogP) is 0.866. The lowest BCUT2D eigenvalue weighted by atomic mass is 9.97. The van der Waals surface area contributed by atoms with Gasteiger partial charge in [0.2, 0.25) is 0 Å². The predicted molar refractivity (Wildman–Crippen MR) is 66.2 cm³/mol. The lowest BCUT2D eigenvalue weighted by molar-refractivity contribution is 0.201. The molecule has 0 bridgehead atoms. The molecule has 0 aromatic rings. The van der Waals surface area contributed by atoms with Gasteiger partial charge >= 0.3 is 0 Å². The Labute approximate surface area is 94.8 Å². The Morgan fingerprint density at radius 1 is 1.40 bits per heavy atom. The van der Waals surface area contributed by atoms with E-state index < -0.39 is 0 Å². The number of rotatable bonds is 5. The average Bonchev–Trinajstić information content (AvgIpc) is 2.51. The van der Waals surface area contributed by atoms with E-state index in [0.717, 1.165) is 12.5 Å². The number of nitrogens with zero attached hydrogens (tertiary/aromatic N) is 2. The van der Waals surface area contributed by atoms with Crippen LogP contribution in [-0.2, 0) is 0 Å². The van der Waals surface area contributed by atoms with Gasteiger partial charge in [-0.25, -0.2) is 0 Å². The first-order chi connectivity index (χ1) is 7.00. The molecule has 1 N–H and O–H groups in total. The first-order valence-corrected chi connectivity index (χ1v) is 6.09. The Morgan fingerprint density at radius 3 is 2.47 bits per heavy atom. The van der Waals surface area contributed by atoms with Crippen LogP contribution in [0.2, 0.25) is 0 Å². The van der Waals surface area contributed by atoms with Crippen LogP contribution in [0.15, 0.2) is 0 Å². The van der Waals surface area contributed by atoms with E-state index in [-0.39, 0.29) is 0 Å². The molecule has 1 rings (SSSR count). The molecule has 3 heteroatoms. The zero-order valence-corrected chi connectivity index (χ0v) is 11.0. The molecule has 1 heterocycles. The van der Waals surface area contributed by atoms with Crippen molar-refractivity contribution < 1.29 is 0 Å². The molecule has 1 saturated heterocycles. The Hall–Kier alpha value is -0.120. The van der Waals surface area contributed by atoms with Crippen molar-refractivity contribution in [1.29, 1.82) is 0 Å². The highest BCUT2D eigenvalue weighted by Gasteiger charge is 2.28. The van der Waals surface area contributed by atoms with E-state index in [1.807, 2.05) is 0 Å². The highest BCUT2D eigenvalue weighted by Crippen LogP contribution is 2.20. The van der Waals surface area contributed by atoms with E-state index >= 15 is 0 Å². The normalized spacial score (nSPS) is 25.4. The van der Waals surface area contributed by atoms with Crippen molar-refractivity contribution in [3.8, 4) is 0 Å². The van der Waals surface area contributed by atoms with Crippen LogP contribution in [0, 0.1) is 5.92 Å². The molecule has 0 spiro atoms. The van der Waals surface area contributed by atoms with Gasteiger partial charge in [0.1, 0.15) is 0 Å². The fraction of sp³-hybridized carbons (Fsp3) is 1.00. The third-order valence-electron chi connectivity index (χ3n) is 3.37. The third kappa shape index (κ3) is 4.09. The fourth-order valence-electron chi connectivity index (χ4n) is 2.41. The Morgan fingerprint density at radius 2 is 2.07 bits per heavy atom. The topological polar surface area (TPSA) is 18.5 Å². The zero-order chi connectivity index (χ0) is 11.4. The second kappa shape index (κ2) is 5.83. The van der Waals surface area contributed by atoms with Crippen LogP contribution in [0.4, 0.5) is 0 Å². The van der Waals surface area contributed by atoms with Crippen LogP contribution in [0.25, 0.3) is 0 Å². The molecule has 90 valence electrons. The Bertz CT molecular complexity index is 180. The minimum Gasteiger partial charge on any atom is -0.313 e.